The van der Waals surface area contributed by atoms with Crippen molar-refractivity contribution in [3.8, 4) is 11.5 Å². The van der Waals surface area contributed by atoms with Gasteiger partial charge < -0.3 is 14.6 Å². The van der Waals surface area contributed by atoms with Crippen LogP contribution in [0.3, 0.4) is 0 Å². The lowest BCUT2D eigenvalue weighted by Gasteiger charge is -2.05. The summed E-state index contributed by atoms with van der Waals surface area (Å²) in [5, 5.41) is 13.3. The third-order valence-corrected chi connectivity index (χ3v) is 3.05. The normalized spacial score (nSPS) is 10.6. The molecule has 0 aliphatic carbocycles. The van der Waals surface area contributed by atoms with Crippen LogP contribution in [0.15, 0.2) is 42.6 Å². The number of aromatic carboxylic acids is 1. The average Bonchev–Trinajstić information content (AvgIpc) is 2.95. The average molecular weight is 299 g/mol. The number of carboxylic acid groups (broad SMARTS) is 1. The predicted octanol–water partition coefficient (Wildman–Crippen LogP) is 2.02. The number of carboxylic acids is 1. The number of methoxy groups -OCH3 is 1. The second kappa shape index (κ2) is 5.72. The summed E-state index contributed by atoms with van der Waals surface area (Å²) in [6, 6.07) is 10.3. The van der Waals surface area contributed by atoms with Crippen molar-refractivity contribution in [2.75, 3.05) is 7.11 Å². The molecule has 1 aromatic carbocycles. The molecule has 22 heavy (non-hydrogen) atoms. The second-order valence-electron chi connectivity index (χ2n) is 4.49. The maximum absolute atomic E-state index is 11.1. The molecule has 0 saturated carbocycles. The molecule has 0 aliphatic heterocycles. The lowest BCUT2D eigenvalue weighted by atomic mass is 10.3. The molecule has 0 amide bonds. The van der Waals surface area contributed by atoms with E-state index < -0.39 is 5.97 Å². The minimum atomic E-state index is -1.04. The zero-order valence-electron chi connectivity index (χ0n) is 11.8. The van der Waals surface area contributed by atoms with Crippen molar-refractivity contribution in [2.24, 2.45) is 0 Å². The minimum Gasteiger partial charge on any atom is -0.497 e. The number of hydrogen-bond donors (Lipinski definition) is 1. The molecule has 1 N–H and O–H groups in total. The van der Waals surface area contributed by atoms with Gasteiger partial charge >= 0.3 is 5.97 Å². The quantitative estimate of drug-likeness (QED) is 0.775. The van der Waals surface area contributed by atoms with E-state index in [1.807, 2.05) is 12.1 Å². The van der Waals surface area contributed by atoms with Crippen LogP contribution in [-0.4, -0.2) is 32.8 Å². The van der Waals surface area contributed by atoms with Crippen LogP contribution in [0.4, 0.5) is 0 Å². The molecule has 0 aliphatic rings. The van der Waals surface area contributed by atoms with Gasteiger partial charge in [0.25, 0.3) is 0 Å². The fourth-order valence-electron chi connectivity index (χ4n) is 2.02. The maximum Gasteiger partial charge on any atom is 0.339 e. The summed E-state index contributed by atoms with van der Waals surface area (Å²) in [5.74, 6) is 0.667. The van der Waals surface area contributed by atoms with Crippen LogP contribution in [0.1, 0.15) is 16.2 Å². The number of ether oxygens (including phenoxy) is 2. The highest BCUT2D eigenvalue weighted by Gasteiger charge is 2.13. The number of aromatic nitrogens is 3. The largest absolute Gasteiger partial charge is 0.497 e. The Morgan fingerprint density at radius 2 is 2.09 bits per heavy atom. The Labute approximate surface area is 125 Å². The summed E-state index contributed by atoms with van der Waals surface area (Å²) in [6.07, 6.45) is 1.64. The van der Waals surface area contributed by atoms with Crippen LogP contribution in [0.5, 0.6) is 11.5 Å². The molecule has 0 bridgehead atoms. The highest BCUT2D eigenvalue weighted by atomic mass is 16.5. The Balaban J connectivity index is 1.82. The van der Waals surface area contributed by atoms with Gasteiger partial charge in [-0.15, -0.1) is 5.10 Å². The molecule has 7 nitrogen and oxygen atoms in total. The van der Waals surface area contributed by atoms with Gasteiger partial charge in [0.1, 0.15) is 23.7 Å². The first-order valence-corrected chi connectivity index (χ1v) is 6.52. The van der Waals surface area contributed by atoms with Gasteiger partial charge in [-0.1, -0.05) is 6.07 Å². The van der Waals surface area contributed by atoms with Gasteiger partial charge in [-0.3, -0.25) is 0 Å². The first kappa shape index (κ1) is 13.9. The molecule has 2 heterocycles. The summed E-state index contributed by atoms with van der Waals surface area (Å²) < 4.78 is 12.1. The van der Waals surface area contributed by atoms with Crippen molar-refractivity contribution < 1.29 is 19.4 Å². The topological polar surface area (TPSA) is 86.0 Å². The number of fused-ring (bicyclic) bond motifs is 1. The molecule has 2 aromatic heterocycles. The lowest BCUT2D eigenvalue weighted by Crippen LogP contribution is -2.00. The number of benzene rings is 1. The molecule has 0 atom stereocenters. The third kappa shape index (κ3) is 2.69. The molecule has 0 saturated heterocycles. The van der Waals surface area contributed by atoms with E-state index in [0.29, 0.717) is 23.0 Å². The summed E-state index contributed by atoms with van der Waals surface area (Å²) in [5.41, 5.74) is 0.391. The van der Waals surface area contributed by atoms with Crippen LogP contribution in [0.2, 0.25) is 0 Å². The Kier molecular flexibility index (Phi) is 3.61. The van der Waals surface area contributed by atoms with Crippen LogP contribution >= 0.6 is 0 Å². The van der Waals surface area contributed by atoms with Crippen molar-refractivity contribution in [1.29, 1.82) is 0 Å². The molecule has 0 unspecified atom stereocenters. The van der Waals surface area contributed by atoms with Gasteiger partial charge in [0, 0.05) is 12.3 Å². The first-order chi connectivity index (χ1) is 10.7. The van der Waals surface area contributed by atoms with Gasteiger partial charge in [0.2, 0.25) is 0 Å². The first-order valence-electron chi connectivity index (χ1n) is 6.52. The molecule has 0 fully saturated rings. The highest BCUT2D eigenvalue weighted by Crippen LogP contribution is 2.19. The summed E-state index contributed by atoms with van der Waals surface area (Å²) in [7, 11) is 1.58. The Bertz CT molecular complexity index is 829. The molecule has 7 heteroatoms. The van der Waals surface area contributed by atoms with E-state index in [-0.39, 0.29) is 12.2 Å². The van der Waals surface area contributed by atoms with Crippen molar-refractivity contribution in [2.45, 2.75) is 6.61 Å². The van der Waals surface area contributed by atoms with Gasteiger partial charge in [-0.2, -0.15) is 0 Å². The van der Waals surface area contributed by atoms with E-state index in [9.17, 15) is 4.79 Å². The predicted molar refractivity (Wildman–Crippen MR) is 77.3 cm³/mol. The van der Waals surface area contributed by atoms with Crippen molar-refractivity contribution in [1.82, 2.24) is 14.6 Å². The molecule has 0 spiro atoms. The summed E-state index contributed by atoms with van der Waals surface area (Å²) in [6.45, 7) is 0.133. The molecular formula is C15H13N3O4. The van der Waals surface area contributed by atoms with E-state index in [1.54, 1.807) is 31.5 Å². The van der Waals surface area contributed by atoms with Crippen molar-refractivity contribution >= 4 is 11.6 Å². The monoisotopic (exact) mass is 299 g/mol. The van der Waals surface area contributed by atoms with Crippen LogP contribution in [-0.2, 0) is 6.61 Å². The fraction of sp³-hybridized carbons (Fsp3) is 0.133. The Hall–Kier alpha value is -3.09. The Morgan fingerprint density at radius 1 is 1.27 bits per heavy atom. The van der Waals surface area contributed by atoms with Gasteiger partial charge in [0.05, 0.1) is 7.11 Å². The van der Waals surface area contributed by atoms with Crippen LogP contribution in [0.25, 0.3) is 5.65 Å². The van der Waals surface area contributed by atoms with E-state index in [0.717, 1.165) is 0 Å². The van der Waals surface area contributed by atoms with Crippen LogP contribution < -0.4 is 9.47 Å². The second-order valence-corrected chi connectivity index (χ2v) is 4.49. The van der Waals surface area contributed by atoms with Crippen LogP contribution in [0, 0.1) is 0 Å². The molecule has 112 valence electrons. The molecule has 3 aromatic rings. The van der Waals surface area contributed by atoms with E-state index >= 15 is 0 Å². The SMILES string of the molecule is COc1cccc(OCc2nc3c(C(=O)O)cccn3n2)c1. The third-order valence-electron chi connectivity index (χ3n) is 3.05. The molecular weight excluding hydrogens is 286 g/mol. The number of carbonyl (C=O) groups is 1. The number of hydrogen-bond acceptors (Lipinski definition) is 5. The van der Waals surface area contributed by atoms with Gasteiger partial charge in [-0.25, -0.2) is 14.3 Å². The summed E-state index contributed by atoms with van der Waals surface area (Å²) >= 11 is 0. The van der Waals surface area contributed by atoms with Gasteiger partial charge in [-0.05, 0) is 24.3 Å². The maximum atomic E-state index is 11.1. The van der Waals surface area contributed by atoms with Crippen molar-refractivity contribution in [3.63, 3.8) is 0 Å². The van der Waals surface area contributed by atoms with Crippen molar-refractivity contribution in [3.05, 3.63) is 54.0 Å². The zero-order valence-corrected chi connectivity index (χ0v) is 11.8. The van der Waals surface area contributed by atoms with E-state index in [2.05, 4.69) is 10.1 Å². The molecule has 3 rings (SSSR count). The number of pyridine rings is 1. The fourth-order valence-corrected chi connectivity index (χ4v) is 2.02. The smallest absolute Gasteiger partial charge is 0.339 e. The highest BCUT2D eigenvalue weighted by molar-refractivity contribution is 5.94. The summed E-state index contributed by atoms with van der Waals surface area (Å²) in [4.78, 5) is 15.4. The molecule has 0 radical (unpaired) electrons. The minimum absolute atomic E-state index is 0.0997. The number of nitrogens with zero attached hydrogens (tertiary/aromatic N) is 3. The van der Waals surface area contributed by atoms with E-state index in [1.165, 1.54) is 10.6 Å². The zero-order chi connectivity index (χ0) is 15.5. The standard InChI is InChI=1S/C15H13N3O4/c1-21-10-4-2-5-11(8-10)22-9-13-16-14-12(15(19)20)6-3-7-18(14)17-13/h2-8H,9H2,1H3,(H,19,20). The van der Waals surface area contributed by atoms with E-state index in [4.69, 9.17) is 14.6 Å². The van der Waals surface area contributed by atoms with Gasteiger partial charge in [0.15, 0.2) is 11.5 Å². The lowest BCUT2D eigenvalue weighted by molar-refractivity contribution is 0.0698. The Morgan fingerprint density at radius 3 is 2.86 bits per heavy atom. The number of rotatable bonds is 5.